The Morgan fingerprint density at radius 3 is 2.31 bits per heavy atom. The van der Waals surface area contributed by atoms with E-state index in [-0.39, 0.29) is 24.3 Å². The maximum Gasteiger partial charge on any atom is 0.407 e. The Morgan fingerprint density at radius 2 is 1.74 bits per heavy atom. The number of ether oxygens (including phenoxy) is 3. The molecule has 1 aromatic rings. The number of hydrogen-bond acceptors (Lipinski definition) is 6. The number of hydrogen-bond donors (Lipinski definition) is 3. The van der Waals surface area contributed by atoms with E-state index in [1.165, 1.54) is 14.0 Å². The zero-order valence-electron chi connectivity index (χ0n) is 21.8. The van der Waals surface area contributed by atoms with Gasteiger partial charge in [-0.1, -0.05) is 26.0 Å². The first-order valence-corrected chi connectivity index (χ1v) is 12.0. The molecule has 0 saturated heterocycles. The van der Waals surface area contributed by atoms with Crippen LogP contribution in [0.3, 0.4) is 0 Å². The molecule has 0 aromatic heterocycles. The third-order valence-corrected chi connectivity index (χ3v) is 5.57. The number of rotatable bonds is 9. The van der Waals surface area contributed by atoms with E-state index in [9.17, 15) is 14.4 Å². The largest absolute Gasteiger partial charge is 0.495 e. The number of benzene rings is 1. The van der Waals surface area contributed by atoms with Gasteiger partial charge in [0.2, 0.25) is 5.91 Å². The fourth-order valence-corrected chi connectivity index (χ4v) is 3.93. The van der Waals surface area contributed by atoms with Crippen molar-refractivity contribution in [3.05, 3.63) is 35.9 Å². The number of anilines is 1. The zero-order chi connectivity index (χ0) is 26.2. The van der Waals surface area contributed by atoms with E-state index >= 15 is 0 Å². The van der Waals surface area contributed by atoms with Gasteiger partial charge in [0.1, 0.15) is 11.4 Å². The lowest BCUT2D eigenvalue weighted by molar-refractivity contribution is -0.121. The molecule has 0 heterocycles. The highest BCUT2D eigenvalue weighted by Crippen LogP contribution is 2.28. The smallest absolute Gasteiger partial charge is 0.407 e. The lowest BCUT2D eigenvalue weighted by Crippen LogP contribution is -2.60. The van der Waals surface area contributed by atoms with E-state index in [4.69, 9.17) is 14.2 Å². The number of methoxy groups -OCH3 is 1. The molecule has 0 fully saturated rings. The Labute approximate surface area is 208 Å². The minimum absolute atomic E-state index is 0.0775. The second kappa shape index (κ2) is 12.6. The van der Waals surface area contributed by atoms with Crippen LogP contribution in [0.4, 0.5) is 10.5 Å². The van der Waals surface area contributed by atoms with E-state index in [0.29, 0.717) is 17.0 Å². The Balaban J connectivity index is 2.39. The van der Waals surface area contributed by atoms with Gasteiger partial charge in [-0.25, -0.2) is 4.79 Å². The van der Waals surface area contributed by atoms with Gasteiger partial charge in [0, 0.05) is 18.9 Å². The first kappa shape index (κ1) is 28.2. The fourth-order valence-electron chi connectivity index (χ4n) is 3.93. The lowest BCUT2D eigenvalue weighted by atomic mass is 9.87. The molecule has 9 nitrogen and oxygen atoms in total. The van der Waals surface area contributed by atoms with Gasteiger partial charge in [0.05, 0.1) is 37.1 Å². The van der Waals surface area contributed by atoms with Gasteiger partial charge in [-0.3, -0.25) is 9.59 Å². The van der Waals surface area contributed by atoms with E-state index in [1.807, 2.05) is 19.9 Å². The summed E-state index contributed by atoms with van der Waals surface area (Å²) in [5, 5.41) is 8.62. The monoisotopic (exact) mass is 489 g/mol. The predicted molar refractivity (Wildman–Crippen MR) is 134 cm³/mol. The molecule has 35 heavy (non-hydrogen) atoms. The topological polar surface area (TPSA) is 115 Å². The first-order valence-electron chi connectivity index (χ1n) is 12.0. The van der Waals surface area contributed by atoms with Gasteiger partial charge in [-0.15, -0.1) is 0 Å². The van der Waals surface area contributed by atoms with Gasteiger partial charge in [-0.2, -0.15) is 0 Å². The van der Waals surface area contributed by atoms with Crippen LogP contribution < -0.4 is 20.7 Å². The number of para-hydroxylation sites is 2. The van der Waals surface area contributed by atoms with Crippen molar-refractivity contribution in [1.82, 2.24) is 10.6 Å². The summed E-state index contributed by atoms with van der Waals surface area (Å²) in [7, 11) is 1.53. The Hall–Kier alpha value is -3.07. The van der Waals surface area contributed by atoms with Crippen molar-refractivity contribution in [3.8, 4) is 5.75 Å². The van der Waals surface area contributed by atoms with E-state index in [0.717, 1.165) is 12.8 Å². The Bertz CT molecular complexity index is 920. The quantitative estimate of drug-likeness (QED) is 0.484. The number of amides is 3. The molecule has 3 atom stereocenters. The second-order valence-electron chi connectivity index (χ2n) is 9.57. The third kappa shape index (κ3) is 8.58. The average Bonchev–Trinajstić information content (AvgIpc) is 2.77. The standard InChI is InChI=1S/C26H39N3O6/c1-8-18(9-2)34-22-15-17(24(31)28-19-12-10-11-13-21(19)33-7)14-20(23(22)27-16(3)30)29-25(32)35-26(4,5)6/h10-13,15,18,20,22-23H,8-9,14H2,1-7H3,(H,27,30)(H,28,31)(H,29,32)/t20-,22+,23+/m0/s1. The maximum absolute atomic E-state index is 13.3. The summed E-state index contributed by atoms with van der Waals surface area (Å²) in [5.74, 6) is -0.0778. The van der Waals surface area contributed by atoms with Crippen LogP contribution in [0.2, 0.25) is 0 Å². The van der Waals surface area contributed by atoms with Crippen LogP contribution in [-0.4, -0.2) is 54.9 Å². The molecule has 0 radical (unpaired) electrons. The van der Waals surface area contributed by atoms with Crippen LogP contribution in [0.25, 0.3) is 0 Å². The van der Waals surface area contributed by atoms with Crippen LogP contribution >= 0.6 is 0 Å². The minimum atomic E-state index is -0.701. The van der Waals surface area contributed by atoms with E-state index in [2.05, 4.69) is 16.0 Å². The summed E-state index contributed by atoms with van der Waals surface area (Å²) in [4.78, 5) is 37.9. The molecule has 1 aromatic carbocycles. The number of carbonyl (C=O) groups is 3. The zero-order valence-corrected chi connectivity index (χ0v) is 21.8. The van der Waals surface area contributed by atoms with Gasteiger partial charge in [-0.05, 0) is 51.8 Å². The van der Waals surface area contributed by atoms with Crippen molar-refractivity contribution in [1.29, 1.82) is 0 Å². The van der Waals surface area contributed by atoms with Gasteiger partial charge < -0.3 is 30.2 Å². The highest BCUT2D eigenvalue weighted by Gasteiger charge is 2.39. The van der Waals surface area contributed by atoms with Crippen LogP contribution in [0.15, 0.2) is 35.9 Å². The molecule has 2 rings (SSSR count). The maximum atomic E-state index is 13.3. The molecule has 1 aliphatic carbocycles. The van der Waals surface area contributed by atoms with Gasteiger partial charge in [0.15, 0.2) is 0 Å². The average molecular weight is 490 g/mol. The molecule has 0 saturated carbocycles. The van der Waals surface area contributed by atoms with Crippen molar-refractivity contribution in [3.63, 3.8) is 0 Å². The Kier molecular flexibility index (Phi) is 10.1. The highest BCUT2D eigenvalue weighted by atomic mass is 16.6. The summed E-state index contributed by atoms with van der Waals surface area (Å²) in [6.07, 6.45) is 2.10. The molecule has 194 valence electrons. The molecular weight excluding hydrogens is 450 g/mol. The van der Waals surface area contributed by atoms with Crippen LogP contribution in [0, 0.1) is 0 Å². The summed E-state index contributed by atoms with van der Waals surface area (Å²) in [5.41, 5.74) is 0.252. The van der Waals surface area contributed by atoms with Crippen molar-refractivity contribution < 1.29 is 28.6 Å². The van der Waals surface area contributed by atoms with Crippen molar-refractivity contribution in [2.24, 2.45) is 0 Å². The molecule has 9 heteroatoms. The Morgan fingerprint density at radius 1 is 1.09 bits per heavy atom. The summed E-state index contributed by atoms with van der Waals surface area (Å²) in [6.45, 7) is 10.7. The fraction of sp³-hybridized carbons (Fsp3) is 0.577. The first-order chi connectivity index (χ1) is 16.5. The molecule has 1 aliphatic rings. The third-order valence-electron chi connectivity index (χ3n) is 5.57. The van der Waals surface area contributed by atoms with E-state index < -0.39 is 29.9 Å². The van der Waals surface area contributed by atoms with Crippen molar-refractivity contribution in [2.75, 3.05) is 12.4 Å². The van der Waals surface area contributed by atoms with Crippen LogP contribution in [0.1, 0.15) is 60.8 Å². The van der Waals surface area contributed by atoms with Crippen LogP contribution in [-0.2, 0) is 19.1 Å². The molecule has 0 unspecified atom stereocenters. The lowest BCUT2D eigenvalue weighted by Gasteiger charge is -2.39. The van der Waals surface area contributed by atoms with Gasteiger partial charge >= 0.3 is 6.09 Å². The summed E-state index contributed by atoms with van der Waals surface area (Å²) < 4.78 is 17.1. The molecule has 0 aliphatic heterocycles. The van der Waals surface area contributed by atoms with Crippen molar-refractivity contribution in [2.45, 2.75) is 90.7 Å². The number of nitrogens with one attached hydrogen (secondary N) is 3. The van der Waals surface area contributed by atoms with Crippen molar-refractivity contribution >= 4 is 23.6 Å². The minimum Gasteiger partial charge on any atom is -0.495 e. The summed E-state index contributed by atoms with van der Waals surface area (Å²) >= 11 is 0. The van der Waals surface area contributed by atoms with Crippen LogP contribution in [0.5, 0.6) is 5.75 Å². The molecular formula is C26H39N3O6. The SMILES string of the molecule is CCC(CC)O[C@@H]1C=C(C(=O)Nc2ccccc2OC)C[C@H](NC(=O)OC(C)(C)C)[C@H]1NC(C)=O. The molecule has 3 amide bonds. The normalized spacial score (nSPS) is 20.0. The number of carbonyl (C=O) groups excluding carboxylic acids is 3. The van der Waals surface area contributed by atoms with Gasteiger partial charge in [0.25, 0.3) is 5.91 Å². The molecule has 0 spiro atoms. The second-order valence-corrected chi connectivity index (χ2v) is 9.57. The molecule has 0 bridgehead atoms. The highest BCUT2D eigenvalue weighted by molar-refractivity contribution is 6.04. The predicted octanol–water partition coefficient (Wildman–Crippen LogP) is 3.94. The summed E-state index contributed by atoms with van der Waals surface area (Å²) in [6, 6.07) is 5.90. The number of alkyl carbamates (subject to hydrolysis) is 1. The molecule has 3 N–H and O–H groups in total. The van der Waals surface area contributed by atoms with E-state index in [1.54, 1.807) is 45.0 Å².